The predicted octanol–water partition coefficient (Wildman–Crippen LogP) is 3.61. The minimum Gasteiger partial charge on any atom is -0.493 e. The maximum atomic E-state index is 12.5. The fraction of sp³-hybridized carbons (Fsp3) is 0.211. The van der Waals surface area contributed by atoms with Gasteiger partial charge in [0.25, 0.3) is 11.8 Å². The number of hydrogen-bond donors (Lipinski definition) is 3. The lowest BCUT2D eigenvalue weighted by atomic mass is 10.2. The predicted molar refractivity (Wildman–Crippen MR) is 118 cm³/mol. The van der Waals surface area contributed by atoms with Crippen LogP contribution in [0.4, 0.5) is 0 Å². The van der Waals surface area contributed by atoms with Gasteiger partial charge in [0.2, 0.25) is 0 Å². The zero-order valence-corrected chi connectivity index (χ0v) is 18.6. The highest BCUT2D eigenvalue weighted by Gasteiger charge is 2.15. The largest absolute Gasteiger partial charge is 0.493 e. The molecule has 10 heteroatoms. The third kappa shape index (κ3) is 7.52. The molecule has 0 spiro atoms. The first-order chi connectivity index (χ1) is 13.9. The molecule has 0 bridgehead atoms. The number of carbonyl (C=O) groups excluding carboxylic acids is 2. The van der Waals surface area contributed by atoms with E-state index in [1.165, 1.54) is 0 Å². The Bertz CT molecular complexity index is 898. The molecule has 0 radical (unpaired) electrons. The van der Waals surface area contributed by atoms with Crippen molar-refractivity contribution in [3.63, 3.8) is 0 Å². The van der Waals surface area contributed by atoms with Gasteiger partial charge in [0.15, 0.2) is 11.7 Å². The van der Waals surface area contributed by atoms with E-state index >= 15 is 0 Å². The molecule has 7 nitrogen and oxygen atoms in total. The lowest BCUT2D eigenvalue weighted by molar-refractivity contribution is -0.123. The standard InChI is InChI=1S/C19H19BrClN3O4S/c1-2-9-27-15-8-7-12(20)10-13(15)18(26)22-19(29)24-23-17(25)11-28-16-6-4-3-5-14(16)21/h3-8,10H,2,9,11H2,1H3,(H,23,25)(H2,22,24,26,29). The number of thiocarbonyl (C=S) groups is 1. The first-order valence-electron chi connectivity index (χ1n) is 8.60. The Morgan fingerprint density at radius 1 is 1.10 bits per heavy atom. The second-order valence-corrected chi connectivity index (χ2v) is 7.40. The zero-order chi connectivity index (χ0) is 21.2. The summed E-state index contributed by atoms with van der Waals surface area (Å²) in [5.41, 5.74) is 5.09. The summed E-state index contributed by atoms with van der Waals surface area (Å²) in [5.74, 6) is -0.158. The van der Waals surface area contributed by atoms with Gasteiger partial charge in [0, 0.05) is 4.47 Å². The highest BCUT2D eigenvalue weighted by molar-refractivity contribution is 9.10. The number of benzene rings is 2. The van der Waals surface area contributed by atoms with Crippen LogP contribution in [0.5, 0.6) is 11.5 Å². The van der Waals surface area contributed by atoms with Crippen LogP contribution in [0.25, 0.3) is 0 Å². The Hall–Kier alpha value is -2.36. The minimum atomic E-state index is -0.504. The summed E-state index contributed by atoms with van der Waals surface area (Å²) >= 11 is 14.3. The van der Waals surface area contributed by atoms with Crippen LogP contribution >= 0.6 is 39.7 Å². The molecule has 0 saturated heterocycles. The third-order valence-electron chi connectivity index (χ3n) is 3.39. The van der Waals surface area contributed by atoms with Crippen LogP contribution in [0.15, 0.2) is 46.9 Å². The first-order valence-corrected chi connectivity index (χ1v) is 10.2. The maximum absolute atomic E-state index is 12.5. The average Bonchev–Trinajstić information content (AvgIpc) is 2.70. The molecule has 2 aromatic carbocycles. The average molecular weight is 501 g/mol. The van der Waals surface area contributed by atoms with E-state index in [9.17, 15) is 9.59 Å². The van der Waals surface area contributed by atoms with Crippen molar-refractivity contribution < 1.29 is 19.1 Å². The van der Waals surface area contributed by atoms with E-state index in [-0.39, 0.29) is 11.7 Å². The Balaban J connectivity index is 1.84. The molecule has 29 heavy (non-hydrogen) atoms. The van der Waals surface area contributed by atoms with Crippen molar-refractivity contribution in [1.82, 2.24) is 16.2 Å². The van der Waals surface area contributed by atoms with Gasteiger partial charge >= 0.3 is 0 Å². The van der Waals surface area contributed by atoms with Gasteiger partial charge in [-0.3, -0.25) is 25.8 Å². The van der Waals surface area contributed by atoms with E-state index in [1.807, 2.05) is 6.92 Å². The summed E-state index contributed by atoms with van der Waals surface area (Å²) in [5, 5.41) is 2.80. The molecule has 0 unspecified atom stereocenters. The van der Waals surface area contributed by atoms with Crippen molar-refractivity contribution in [3.8, 4) is 11.5 Å². The second-order valence-electron chi connectivity index (χ2n) is 5.66. The molecule has 0 saturated carbocycles. The van der Waals surface area contributed by atoms with Gasteiger partial charge in [-0.2, -0.15) is 0 Å². The van der Waals surface area contributed by atoms with Crippen LogP contribution in [0.3, 0.4) is 0 Å². The Morgan fingerprint density at radius 3 is 2.59 bits per heavy atom. The van der Waals surface area contributed by atoms with Crippen LogP contribution in [-0.2, 0) is 4.79 Å². The molecule has 2 amide bonds. The molecule has 3 N–H and O–H groups in total. The highest BCUT2D eigenvalue weighted by atomic mass is 79.9. The first kappa shape index (κ1) is 22.9. The van der Waals surface area contributed by atoms with Crippen LogP contribution in [0.1, 0.15) is 23.7 Å². The number of hydrazine groups is 1. The van der Waals surface area contributed by atoms with E-state index < -0.39 is 11.8 Å². The van der Waals surface area contributed by atoms with Crippen LogP contribution in [-0.4, -0.2) is 30.1 Å². The van der Waals surface area contributed by atoms with Gasteiger partial charge in [0.1, 0.15) is 11.5 Å². The smallest absolute Gasteiger partial charge is 0.276 e. The van der Waals surface area contributed by atoms with Crippen molar-refractivity contribution in [2.24, 2.45) is 0 Å². The topological polar surface area (TPSA) is 88.7 Å². The number of rotatable bonds is 7. The van der Waals surface area contributed by atoms with Crippen LogP contribution < -0.4 is 25.6 Å². The summed E-state index contributed by atoms with van der Waals surface area (Å²) in [4.78, 5) is 24.4. The van der Waals surface area contributed by atoms with Crippen molar-refractivity contribution in [3.05, 3.63) is 57.5 Å². The Morgan fingerprint density at radius 2 is 1.86 bits per heavy atom. The third-order valence-corrected chi connectivity index (χ3v) is 4.40. The molecular formula is C19H19BrClN3O4S. The van der Waals surface area contributed by atoms with Crippen molar-refractivity contribution in [1.29, 1.82) is 0 Å². The van der Waals surface area contributed by atoms with E-state index in [1.54, 1.807) is 42.5 Å². The molecule has 0 aromatic heterocycles. The van der Waals surface area contributed by atoms with Gasteiger partial charge in [-0.25, -0.2) is 0 Å². The van der Waals surface area contributed by atoms with E-state index in [4.69, 9.17) is 33.3 Å². The number of nitrogens with one attached hydrogen (secondary N) is 3. The summed E-state index contributed by atoms with van der Waals surface area (Å²) in [6.07, 6.45) is 0.805. The molecule has 0 heterocycles. The lowest BCUT2D eigenvalue weighted by Gasteiger charge is -2.14. The summed E-state index contributed by atoms with van der Waals surface area (Å²) < 4.78 is 11.6. The van der Waals surface area contributed by atoms with Crippen molar-refractivity contribution in [2.45, 2.75) is 13.3 Å². The Labute approximate surface area is 187 Å². The number of carbonyl (C=O) groups is 2. The zero-order valence-electron chi connectivity index (χ0n) is 15.5. The molecule has 2 rings (SSSR count). The lowest BCUT2D eigenvalue weighted by Crippen LogP contribution is -2.49. The van der Waals surface area contributed by atoms with E-state index in [2.05, 4.69) is 32.1 Å². The summed E-state index contributed by atoms with van der Waals surface area (Å²) in [6, 6.07) is 11.9. The molecular weight excluding hydrogens is 482 g/mol. The molecule has 0 aliphatic rings. The molecule has 0 fully saturated rings. The Kier molecular flexibility index (Phi) is 9.17. The second kappa shape index (κ2) is 11.6. The number of halogens is 2. The number of amides is 2. The molecule has 0 aliphatic heterocycles. The van der Waals surface area contributed by atoms with Gasteiger partial charge in [-0.1, -0.05) is 46.6 Å². The monoisotopic (exact) mass is 499 g/mol. The number of hydrogen-bond acceptors (Lipinski definition) is 5. The molecule has 2 aromatic rings. The summed E-state index contributed by atoms with van der Waals surface area (Å²) in [7, 11) is 0. The minimum absolute atomic E-state index is 0.0810. The van der Waals surface area contributed by atoms with Gasteiger partial charge < -0.3 is 9.47 Å². The number of ether oxygens (including phenoxy) is 2. The van der Waals surface area contributed by atoms with Crippen molar-refractivity contribution in [2.75, 3.05) is 13.2 Å². The fourth-order valence-corrected chi connectivity index (χ4v) is 2.78. The van der Waals surface area contributed by atoms with Gasteiger partial charge in [0.05, 0.1) is 17.2 Å². The highest BCUT2D eigenvalue weighted by Crippen LogP contribution is 2.24. The molecule has 0 atom stereocenters. The van der Waals surface area contributed by atoms with Crippen LogP contribution in [0.2, 0.25) is 5.02 Å². The number of para-hydroxylation sites is 1. The molecule has 154 valence electrons. The SMILES string of the molecule is CCCOc1ccc(Br)cc1C(=O)NC(=S)NNC(=O)COc1ccccc1Cl. The van der Waals surface area contributed by atoms with E-state index in [0.717, 1.165) is 10.9 Å². The normalized spacial score (nSPS) is 10.0. The van der Waals surface area contributed by atoms with Crippen molar-refractivity contribution >= 4 is 56.7 Å². The maximum Gasteiger partial charge on any atom is 0.276 e. The van der Waals surface area contributed by atoms with E-state index in [0.29, 0.717) is 28.7 Å². The van der Waals surface area contributed by atoms with Gasteiger partial charge in [-0.15, -0.1) is 0 Å². The quantitative estimate of drug-likeness (QED) is 0.398. The van der Waals surface area contributed by atoms with Gasteiger partial charge in [-0.05, 0) is 49.0 Å². The molecule has 0 aliphatic carbocycles. The van der Waals surface area contributed by atoms with Crippen LogP contribution in [0, 0.1) is 0 Å². The fourth-order valence-electron chi connectivity index (χ4n) is 2.09. The summed E-state index contributed by atoms with van der Waals surface area (Å²) in [6.45, 7) is 2.16.